The van der Waals surface area contributed by atoms with Crippen LogP contribution in [0.5, 0.6) is 0 Å². The predicted octanol–water partition coefficient (Wildman–Crippen LogP) is 0.596. The highest BCUT2D eigenvalue weighted by molar-refractivity contribution is 8.01. The van der Waals surface area contributed by atoms with Crippen LogP contribution in [0.4, 0.5) is 0 Å². The third-order valence-electron chi connectivity index (χ3n) is 1.17. The van der Waals surface area contributed by atoms with Crippen molar-refractivity contribution < 1.29 is 9.90 Å². The van der Waals surface area contributed by atoms with Crippen LogP contribution in [-0.4, -0.2) is 27.8 Å². The SMILES string of the molecule is N=C1CS[C@H](C(=O)O)C1. The minimum absolute atomic E-state index is 0.350. The van der Waals surface area contributed by atoms with Crippen LogP contribution in [0.2, 0.25) is 0 Å². The Morgan fingerprint density at radius 1 is 1.89 bits per heavy atom. The lowest BCUT2D eigenvalue weighted by molar-refractivity contribution is -0.136. The molecule has 0 bridgehead atoms. The van der Waals surface area contributed by atoms with Gasteiger partial charge in [-0.1, -0.05) is 0 Å². The number of thioether (sulfide) groups is 1. The number of hydrogen-bond donors (Lipinski definition) is 2. The summed E-state index contributed by atoms with van der Waals surface area (Å²) in [6.07, 6.45) is 0.431. The maximum absolute atomic E-state index is 10.2. The third kappa shape index (κ3) is 1.45. The molecule has 0 radical (unpaired) electrons. The average molecular weight is 145 g/mol. The lowest BCUT2D eigenvalue weighted by Gasteiger charge is -1.96. The molecule has 0 spiro atoms. The van der Waals surface area contributed by atoms with Gasteiger partial charge in [0.05, 0.1) is 0 Å². The van der Waals surface area contributed by atoms with Crippen LogP contribution in [0.25, 0.3) is 0 Å². The molecule has 50 valence electrons. The third-order valence-corrected chi connectivity index (χ3v) is 2.45. The van der Waals surface area contributed by atoms with Crippen molar-refractivity contribution in [3.63, 3.8) is 0 Å². The summed E-state index contributed by atoms with van der Waals surface area (Å²) in [7, 11) is 0. The Hall–Kier alpha value is -0.510. The van der Waals surface area contributed by atoms with Gasteiger partial charge >= 0.3 is 5.97 Å². The van der Waals surface area contributed by atoms with Crippen LogP contribution in [0, 0.1) is 5.41 Å². The highest BCUT2D eigenvalue weighted by Crippen LogP contribution is 2.23. The molecular weight excluding hydrogens is 138 g/mol. The molecule has 1 heterocycles. The molecule has 1 aliphatic heterocycles. The summed E-state index contributed by atoms with van der Waals surface area (Å²) in [5, 5.41) is 15.2. The van der Waals surface area contributed by atoms with E-state index < -0.39 is 5.97 Å². The van der Waals surface area contributed by atoms with Crippen molar-refractivity contribution in [1.29, 1.82) is 5.41 Å². The molecule has 0 aromatic rings. The second-order valence-corrected chi connectivity index (χ2v) is 3.14. The van der Waals surface area contributed by atoms with Gasteiger partial charge in [-0.3, -0.25) is 4.79 Å². The van der Waals surface area contributed by atoms with Gasteiger partial charge in [-0.05, 0) is 0 Å². The molecule has 1 saturated heterocycles. The van der Waals surface area contributed by atoms with Gasteiger partial charge in [0.15, 0.2) is 0 Å². The number of carboxylic acids is 1. The normalized spacial score (nSPS) is 26.7. The topological polar surface area (TPSA) is 61.2 Å². The number of nitrogens with one attached hydrogen (secondary N) is 1. The van der Waals surface area contributed by atoms with Crippen LogP contribution in [-0.2, 0) is 4.79 Å². The van der Waals surface area contributed by atoms with Gasteiger partial charge in [-0.15, -0.1) is 11.8 Å². The van der Waals surface area contributed by atoms with Gasteiger partial charge in [0.25, 0.3) is 0 Å². The molecule has 0 unspecified atom stereocenters. The van der Waals surface area contributed by atoms with E-state index >= 15 is 0 Å². The van der Waals surface area contributed by atoms with E-state index in [1.807, 2.05) is 0 Å². The van der Waals surface area contributed by atoms with Crippen molar-refractivity contribution in [2.24, 2.45) is 0 Å². The van der Waals surface area contributed by atoms with Crippen LogP contribution in [0.15, 0.2) is 0 Å². The maximum Gasteiger partial charge on any atom is 0.317 e. The molecule has 0 aromatic heterocycles. The Balaban J connectivity index is 2.48. The molecule has 4 heteroatoms. The zero-order chi connectivity index (χ0) is 6.85. The molecule has 2 N–H and O–H groups in total. The lowest BCUT2D eigenvalue weighted by Crippen LogP contribution is -2.12. The maximum atomic E-state index is 10.2. The first kappa shape index (κ1) is 6.61. The van der Waals surface area contributed by atoms with E-state index in [0.717, 1.165) is 0 Å². The lowest BCUT2D eigenvalue weighted by atomic mass is 10.2. The Morgan fingerprint density at radius 2 is 2.56 bits per heavy atom. The van der Waals surface area contributed by atoms with Crippen LogP contribution >= 0.6 is 11.8 Å². The van der Waals surface area contributed by atoms with Crippen LogP contribution in [0.3, 0.4) is 0 Å². The molecule has 9 heavy (non-hydrogen) atoms. The monoisotopic (exact) mass is 145 g/mol. The summed E-state index contributed by atoms with van der Waals surface area (Å²) in [6, 6.07) is 0. The van der Waals surface area contributed by atoms with E-state index in [9.17, 15) is 4.79 Å². The van der Waals surface area contributed by atoms with Gasteiger partial charge in [-0.25, -0.2) is 0 Å². The summed E-state index contributed by atoms with van der Waals surface area (Å²) in [5.74, 6) is -0.195. The molecule has 0 aliphatic carbocycles. The number of carbonyl (C=O) groups is 1. The van der Waals surface area contributed by atoms with E-state index in [1.54, 1.807) is 0 Å². The summed E-state index contributed by atoms with van der Waals surface area (Å²) in [4.78, 5) is 10.2. The standard InChI is InChI=1S/C5H7NO2S/c6-3-1-4(5(7)8)9-2-3/h4,6H,1-2H2,(H,7,8)/t4-/m0/s1. The van der Waals surface area contributed by atoms with Crippen molar-refractivity contribution in [3.8, 4) is 0 Å². The molecule has 1 fully saturated rings. The fourth-order valence-electron chi connectivity index (χ4n) is 0.701. The van der Waals surface area contributed by atoms with Crippen LogP contribution < -0.4 is 0 Å². The molecule has 1 aliphatic rings. The van der Waals surface area contributed by atoms with Crippen molar-refractivity contribution in [3.05, 3.63) is 0 Å². The van der Waals surface area contributed by atoms with Gasteiger partial charge in [0.2, 0.25) is 0 Å². The Bertz CT molecular complexity index is 157. The van der Waals surface area contributed by atoms with E-state index in [4.69, 9.17) is 10.5 Å². The smallest absolute Gasteiger partial charge is 0.317 e. The van der Waals surface area contributed by atoms with Gasteiger partial charge < -0.3 is 10.5 Å². The zero-order valence-corrected chi connectivity index (χ0v) is 5.57. The number of carboxylic acid groups (broad SMARTS) is 1. The molecule has 0 amide bonds. The summed E-state index contributed by atoms with van der Waals surface area (Å²) >= 11 is 1.33. The highest BCUT2D eigenvalue weighted by atomic mass is 32.2. The second-order valence-electron chi connectivity index (χ2n) is 1.95. The predicted molar refractivity (Wildman–Crippen MR) is 36.2 cm³/mol. The highest BCUT2D eigenvalue weighted by Gasteiger charge is 2.25. The summed E-state index contributed by atoms with van der Waals surface area (Å²) in [5.41, 5.74) is 0.549. The van der Waals surface area contributed by atoms with Crippen molar-refractivity contribution in [2.75, 3.05) is 5.75 Å². The summed E-state index contributed by atoms with van der Waals surface area (Å²) < 4.78 is 0. The second kappa shape index (κ2) is 2.39. The molecule has 0 aromatic carbocycles. The molecule has 1 rings (SSSR count). The van der Waals surface area contributed by atoms with E-state index in [0.29, 0.717) is 17.9 Å². The van der Waals surface area contributed by atoms with Gasteiger partial charge in [-0.2, -0.15) is 0 Å². The quantitative estimate of drug-likeness (QED) is 0.568. The van der Waals surface area contributed by atoms with E-state index in [-0.39, 0.29) is 5.25 Å². The molecule has 1 atom stereocenters. The fraction of sp³-hybridized carbons (Fsp3) is 0.600. The van der Waals surface area contributed by atoms with Crippen molar-refractivity contribution in [1.82, 2.24) is 0 Å². The van der Waals surface area contributed by atoms with Crippen LogP contribution in [0.1, 0.15) is 6.42 Å². The minimum atomic E-state index is -0.790. The largest absolute Gasteiger partial charge is 0.480 e. The zero-order valence-electron chi connectivity index (χ0n) is 4.76. The average Bonchev–Trinajstić information content (AvgIpc) is 2.14. The number of rotatable bonds is 1. The minimum Gasteiger partial charge on any atom is -0.480 e. The van der Waals surface area contributed by atoms with Gasteiger partial charge in [0.1, 0.15) is 5.25 Å². The Kier molecular flexibility index (Phi) is 1.75. The molecule has 0 saturated carbocycles. The first-order valence-corrected chi connectivity index (χ1v) is 3.65. The first-order chi connectivity index (χ1) is 4.20. The number of hydrogen-bond acceptors (Lipinski definition) is 3. The van der Waals surface area contributed by atoms with E-state index in [1.165, 1.54) is 11.8 Å². The Labute approximate surface area is 57.0 Å². The fourth-order valence-corrected chi connectivity index (χ4v) is 1.68. The van der Waals surface area contributed by atoms with Crippen molar-refractivity contribution in [2.45, 2.75) is 11.7 Å². The molecular formula is C5H7NO2S. The Morgan fingerprint density at radius 3 is 2.78 bits per heavy atom. The number of aliphatic carboxylic acids is 1. The molecule has 3 nitrogen and oxygen atoms in total. The summed E-state index contributed by atoms with van der Waals surface area (Å²) in [6.45, 7) is 0. The first-order valence-electron chi connectivity index (χ1n) is 2.61. The van der Waals surface area contributed by atoms with E-state index in [2.05, 4.69) is 0 Å². The van der Waals surface area contributed by atoms with Crippen molar-refractivity contribution >= 4 is 23.4 Å². The van der Waals surface area contributed by atoms with Gasteiger partial charge in [0, 0.05) is 17.9 Å².